The van der Waals surface area contributed by atoms with Gasteiger partial charge in [0.2, 0.25) is 0 Å². The van der Waals surface area contributed by atoms with Gasteiger partial charge in [0, 0.05) is 18.2 Å². The first-order valence-electron chi connectivity index (χ1n) is 6.62. The monoisotopic (exact) mass is 239 g/mol. The van der Waals surface area contributed by atoms with Gasteiger partial charge in [-0.1, -0.05) is 20.4 Å². The molecular weight excluding hydrogens is 214 g/mol. The molecule has 17 heavy (non-hydrogen) atoms. The Morgan fingerprint density at radius 3 is 2.71 bits per heavy atom. The minimum absolute atomic E-state index is 0.281. The third-order valence-corrected chi connectivity index (χ3v) is 3.57. The molecule has 3 nitrogen and oxygen atoms in total. The summed E-state index contributed by atoms with van der Waals surface area (Å²) in [7, 11) is 0. The van der Waals surface area contributed by atoms with E-state index in [-0.39, 0.29) is 5.97 Å². The number of carbonyl (C=O) groups is 1. The number of esters is 1. The van der Waals surface area contributed by atoms with Crippen LogP contribution in [0.3, 0.4) is 0 Å². The minimum atomic E-state index is -0.281. The molecule has 0 aliphatic heterocycles. The maximum atomic E-state index is 11.4. The first-order valence-corrected chi connectivity index (χ1v) is 6.62. The van der Waals surface area contributed by atoms with Crippen molar-refractivity contribution >= 4 is 5.97 Å². The molecule has 3 unspecified atom stereocenters. The lowest BCUT2D eigenvalue weighted by atomic mass is 9.80. The zero-order chi connectivity index (χ0) is 12.8. The number of hydrogen-bond donors (Lipinski definition) is 1. The predicted octanol–water partition coefficient (Wildman–Crippen LogP) is 2.52. The van der Waals surface area contributed by atoms with Crippen LogP contribution >= 0.6 is 0 Å². The zero-order valence-corrected chi connectivity index (χ0v) is 11.3. The fourth-order valence-electron chi connectivity index (χ4n) is 2.53. The Balaban J connectivity index is 2.30. The molecule has 1 saturated carbocycles. The average molecular weight is 239 g/mol. The zero-order valence-electron chi connectivity index (χ0n) is 11.3. The summed E-state index contributed by atoms with van der Waals surface area (Å²) in [4.78, 5) is 11.4. The largest absolute Gasteiger partial charge is 0.463 e. The van der Waals surface area contributed by atoms with Gasteiger partial charge >= 0.3 is 5.97 Å². The van der Waals surface area contributed by atoms with Gasteiger partial charge in [-0.05, 0) is 38.0 Å². The highest BCUT2D eigenvalue weighted by Gasteiger charge is 2.25. The average Bonchev–Trinajstić information content (AvgIpc) is 2.27. The highest BCUT2D eigenvalue weighted by Crippen LogP contribution is 2.28. The Morgan fingerprint density at radius 2 is 2.12 bits per heavy atom. The molecule has 98 valence electrons. The summed E-state index contributed by atoms with van der Waals surface area (Å²) in [5.41, 5.74) is 0.526. The molecule has 1 fully saturated rings. The smallest absolute Gasteiger partial charge is 0.334 e. The van der Waals surface area contributed by atoms with Crippen LogP contribution in [0.15, 0.2) is 12.2 Å². The van der Waals surface area contributed by atoms with Gasteiger partial charge in [0.05, 0.1) is 6.61 Å². The second kappa shape index (κ2) is 6.80. The molecule has 1 rings (SSSR count). The van der Waals surface area contributed by atoms with Gasteiger partial charge in [0.1, 0.15) is 0 Å². The van der Waals surface area contributed by atoms with Crippen LogP contribution in [0.25, 0.3) is 0 Å². The lowest BCUT2D eigenvalue weighted by Crippen LogP contribution is -2.40. The van der Waals surface area contributed by atoms with E-state index in [1.165, 1.54) is 19.3 Å². The van der Waals surface area contributed by atoms with Gasteiger partial charge in [0.25, 0.3) is 0 Å². The van der Waals surface area contributed by atoms with E-state index in [0.29, 0.717) is 30.7 Å². The number of rotatable bonds is 5. The third-order valence-electron chi connectivity index (χ3n) is 3.57. The van der Waals surface area contributed by atoms with Crippen molar-refractivity contribution in [2.75, 3.05) is 13.2 Å². The maximum absolute atomic E-state index is 11.4. The SMILES string of the molecule is C=C(CNC1CCC(C)CC1C)C(=O)OCC. The van der Waals surface area contributed by atoms with Crippen LogP contribution in [0.2, 0.25) is 0 Å². The standard InChI is InChI=1S/C14H25NO2/c1-5-17-14(16)12(4)9-15-13-7-6-10(2)8-11(13)3/h10-11,13,15H,4-9H2,1-3H3. The van der Waals surface area contributed by atoms with Gasteiger partial charge < -0.3 is 10.1 Å². The Hall–Kier alpha value is -0.830. The summed E-state index contributed by atoms with van der Waals surface area (Å²) in [5, 5.41) is 3.43. The number of nitrogens with one attached hydrogen (secondary N) is 1. The molecule has 0 aromatic rings. The molecule has 3 heteroatoms. The molecule has 0 spiro atoms. The van der Waals surface area contributed by atoms with Gasteiger partial charge in [0.15, 0.2) is 0 Å². The van der Waals surface area contributed by atoms with E-state index in [1.54, 1.807) is 0 Å². The van der Waals surface area contributed by atoms with Crippen molar-refractivity contribution in [1.82, 2.24) is 5.32 Å². The van der Waals surface area contributed by atoms with Gasteiger partial charge in [-0.2, -0.15) is 0 Å². The van der Waals surface area contributed by atoms with Gasteiger partial charge in [-0.3, -0.25) is 0 Å². The topological polar surface area (TPSA) is 38.3 Å². The second-order valence-corrected chi connectivity index (χ2v) is 5.21. The lowest BCUT2D eigenvalue weighted by molar-refractivity contribution is -0.138. The molecular formula is C14H25NO2. The Morgan fingerprint density at radius 1 is 1.41 bits per heavy atom. The molecule has 0 saturated heterocycles. The van der Waals surface area contributed by atoms with Crippen LogP contribution in [0.1, 0.15) is 40.0 Å². The lowest BCUT2D eigenvalue weighted by Gasteiger charge is -2.33. The van der Waals surface area contributed by atoms with Crippen molar-refractivity contribution in [3.05, 3.63) is 12.2 Å². The minimum Gasteiger partial charge on any atom is -0.463 e. The molecule has 1 aliphatic rings. The molecule has 0 amide bonds. The van der Waals surface area contributed by atoms with E-state index < -0.39 is 0 Å². The molecule has 1 N–H and O–H groups in total. The summed E-state index contributed by atoms with van der Waals surface area (Å²) in [6, 6.07) is 0.511. The molecule has 0 radical (unpaired) electrons. The van der Waals surface area contributed by atoms with Crippen molar-refractivity contribution in [1.29, 1.82) is 0 Å². The van der Waals surface area contributed by atoms with E-state index in [4.69, 9.17) is 4.74 Å². The van der Waals surface area contributed by atoms with Crippen LogP contribution in [0.4, 0.5) is 0 Å². The van der Waals surface area contributed by atoms with Crippen molar-refractivity contribution in [2.24, 2.45) is 11.8 Å². The highest BCUT2D eigenvalue weighted by atomic mass is 16.5. The molecule has 1 aliphatic carbocycles. The van der Waals surface area contributed by atoms with Crippen LogP contribution < -0.4 is 5.32 Å². The first-order chi connectivity index (χ1) is 8.04. The normalized spacial score (nSPS) is 28.8. The van der Waals surface area contributed by atoms with E-state index in [2.05, 4.69) is 25.7 Å². The fraction of sp³-hybridized carbons (Fsp3) is 0.786. The fourth-order valence-corrected chi connectivity index (χ4v) is 2.53. The molecule has 0 bridgehead atoms. The molecule has 0 aromatic carbocycles. The maximum Gasteiger partial charge on any atom is 0.334 e. The van der Waals surface area contributed by atoms with E-state index >= 15 is 0 Å². The molecule has 3 atom stereocenters. The van der Waals surface area contributed by atoms with Crippen LogP contribution in [0, 0.1) is 11.8 Å². The highest BCUT2D eigenvalue weighted by molar-refractivity contribution is 5.88. The Bertz CT molecular complexity index is 275. The summed E-state index contributed by atoms with van der Waals surface area (Å²) in [6.45, 7) is 11.1. The first kappa shape index (κ1) is 14.2. The van der Waals surface area contributed by atoms with E-state index in [1.807, 2.05) is 6.92 Å². The Kier molecular flexibility index (Phi) is 5.69. The third kappa shape index (κ3) is 4.50. The van der Waals surface area contributed by atoms with E-state index in [0.717, 1.165) is 5.92 Å². The summed E-state index contributed by atoms with van der Waals surface area (Å²) in [5.74, 6) is 1.22. The summed E-state index contributed by atoms with van der Waals surface area (Å²) in [6.07, 6.45) is 3.73. The van der Waals surface area contributed by atoms with Gasteiger partial charge in [-0.25, -0.2) is 4.79 Å². The quantitative estimate of drug-likeness (QED) is 0.592. The molecule has 0 heterocycles. The number of hydrogen-bond acceptors (Lipinski definition) is 3. The summed E-state index contributed by atoms with van der Waals surface area (Å²) >= 11 is 0. The number of ether oxygens (including phenoxy) is 1. The van der Waals surface area contributed by atoms with Crippen LogP contribution in [0.5, 0.6) is 0 Å². The van der Waals surface area contributed by atoms with Crippen molar-refractivity contribution in [3.8, 4) is 0 Å². The second-order valence-electron chi connectivity index (χ2n) is 5.21. The van der Waals surface area contributed by atoms with E-state index in [9.17, 15) is 4.79 Å². The Labute approximate surface area is 105 Å². The molecule has 0 aromatic heterocycles. The van der Waals surface area contributed by atoms with Crippen molar-refractivity contribution < 1.29 is 9.53 Å². The van der Waals surface area contributed by atoms with Crippen molar-refractivity contribution in [2.45, 2.75) is 46.1 Å². The van der Waals surface area contributed by atoms with Crippen LogP contribution in [-0.2, 0) is 9.53 Å². The van der Waals surface area contributed by atoms with Crippen molar-refractivity contribution in [3.63, 3.8) is 0 Å². The number of carbonyl (C=O) groups excluding carboxylic acids is 1. The summed E-state index contributed by atoms with van der Waals surface area (Å²) < 4.78 is 4.91. The predicted molar refractivity (Wildman–Crippen MR) is 69.7 cm³/mol. The van der Waals surface area contributed by atoms with Crippen LogP contribution in [-0.4, -0.2) is 25.2 Å². The van der Waals surface area contributed by atoms with Gasteiger partial charge in [-0.15, -0.1) is 0 Å².